The summed E-state index contributed by atoms with van der Waals surface area (Å²) < 4.78 is 69.0. The Labute approximate surface area is 238 Å². The highest BCUT2D eigenvalue weighted by Gasteiger charge is 2.49. The van der Waals surface area contributed by atoms with Crippen LogP contribution in [0.15, 0.2) is 82.7 Å². The van der Waals surface area contributed by atoms with Gasteiger partial charge in [-0.2, -0.15) is 27.1 Å². The van der Waals surface area contributed by atoms with E-state index in [4.69, 9.17) is 16.7 Å². The van der Waals surface area contributed by atoms with Crippen molar-refractivity contribution in [1.82, 2.24) is 9.99 Å². The molecule has 0 saturated heterocycles. The number of aromatic amines is 1. The lowest BCUT2D eigenvalue weighted by atomic mass is 9.91. The van der Waals surface area contributed by atoms with E-state index >= 15 is 0 Å². The maximum absolute atomic E-state index is 14.8. The van der Waals surface area contributed by atoms with Crippen molar-refractivity contribution in [3.63, 3.8) is 0 Å². The largest absolute Gasteiger partial charge is 0.481 e. The first kappa shape index (κ1) is 28.9. The van der Waals surface area contributed by atoms with Gasteiger partial charge in [-0.15, -0.1) is 0 Å². The van der Waals surface area contributed by atoms with Crippen LogP contribution in [-0.4, -0.2) is 38.6 Å². The number of halogens is 6. The first-order valence-corrected chi connectivity index (χ1v) is 12.7. The van der Waals surface area contributed by atoms with Crippen LogP contribution in [-0.2, 0) is 15.8 Å². The molecule has 0 fully saturated rings. The Morgan fingerprint density at radius 1 is 0.952 bits per heavy atom. The molecule has 5 rings (SSSR count). The lowest BCUT2D eigenvalue weighted by molar-refractivity contribution is -0.167. The van der Waals surface area contributed by atoms with Crippen LogP contribution >= 0.6 is 11.6 Å². The molecular weight excluding hydrogens is 585 g/mol. The van der Waals surface area contributed by atoms with Crippen molar-refractivity contribution in [2.24, 2.45) is 5.10 Å². The van der Waals surface area contributed by atoms with Gasteiger partial charge in [0.25, 0.3) is 5.56 Å². The van der Waals surface area contributed by atoms with Crippen molar-refractivity contribution in [3.8, 4) is 11.1 Å². The summed E-state index contributed by atoms with van der Waals surface area (Å²) in [6.07, 6.45) is -6.84. The third kappa shape index (κ3) is 5.49. The molecule has 4 aromatic rings. The number of pyridine rings is 1. The molecule has 0 aliphatic carbocycles. The van der Waals surface area contributed by atoms with E-state index in [9.17, 15) is 36.3 Å². The molecule has 0 radical (unpaired) electrons. The number of hydrogen-bond donors (Lipinski definition) is 2. The van der Waals surface area contributed by atoms with Gasteiger partial charge in [-0.3, -0.25) is 14.4 Å². The maximum atomic E-state index is 14.8. The zero-order valence-electron chi connectivity index (χ0n) is 21.3. The monoisotopic (exact) mass is 603 g/mol. The summed E-state index contributed by atoms with van der Waals surface area (Å²) in [6, 6.07) is 15.4. The Balaban J connectivity index is 1.70. The van der Waals surface area contributed by atoms with Crippen LogP contribution in [0.5, 0.6) is 0 Å². The van der Waals surface area contributed by atoms with Crippen LogP contribution in [0.2, 0.25) is 5.02 Å². The van der Waals surface area contributed by atoms with E-state index in [1.54, 1.807) is 48.5 Å². The molecule has 0 spiro atoms. The Hall–Kier alpha value is -4.58. The molecule has 2 N–H and O–H groups in total. The molecule has 3 aromatic carbocycles. The zero-order valence-corrected chi connectivity index (χ0v) is 22.0. The van der Waals surface area contributed by atoms with Crippen molar-refractivity contribution in [2.75, 3.05) is 0 Å². The molecule has 2 heterocycles. The Bertz CT molecular complexity index is 1780. The number of amides is 1. The number of carboxylic acid groups (broad SMARTS) is 1. The predicted octanol–water partition coefficient (Wildman–Crippen LogP) is 6.66. The van der Waals surface area contributed by atoms with E-state index in [1.165, 1.54) is 0 Å². The Morgan fingerprint density at radius 2 is 1.60 bits per heavy atom. The third-order valence-corrected chi connectivity index (χ3v) is 7.02. The minimum Gasteiger partial charge on any atom is -0.481 e. The summed E-state index contributed by atoms with van der Waals surface area (Å²) >= 11 is 6.06. The van der Waals surface area contributed by atoms with E-state index in [1.807, 2.05) is 0 Å². The average molecular weight is 604 g/mol. The second-order valence-electron chi connectivity index (χ2n) is 9.57. The highest BCUT2D eigenvalue weighted by Crippen LogP contribution is 2.40. The number of benzene rings is 3. The first-order valence-electron chi connectivity index (χ1n) is 12.4. The highest BCUT2D eigenvalue weighted by atomic mass is 35.5. The van der Waals surface area contributed by atoms with Crippen LogP contribution in [0.1, 0.15) is 35.6 Å². The van der Waals surface area contributed by atoms with E-state index in [2.05, 4.69) is 10.1 Å². The molecule has 0 saturated carbocycles. The third-order valence-electron chi connectivity index (χ3n) is 6.77. The van der Waals surface area contributed by atoms with Crippen molar-refractivity contribution < 1.29 is 36.6 Å². The van der Waals surface area contributed by atoms with E-state index in [-0.39, 0.29) is 23.3 Å². The fourth-order valence-corrected chi connectivity index (χ4v) is 5.00. The summed E-state index contributed by atoms with van der Waals surface area (Å²) in [5, 5.41) is 14.3. The molecule has 1 amide bonds. The second kappa shape index (κ2) is 10.7. The number of rotatable bonds is 6. The van der Waals surface area contributed by atoms with Crippen LogP contribution in [0, 0.1) is 0 Å². The van der Waals surface area contributed by atoms with Gasteiger partial charge in [0.05, 0.1) is 22.9 Å². The number of fused-ring (bicyclic) bond motifs is 1. The summed E-state index contributed by atoms with van der Waals surface area (Å²) in [5.41, 5.74) is -0.456. The summed E-state index contributed by atoms with van der Waals surface area (Å²) in [6.45, 7) is 0. The predicted molar refractivity (Wildman–Crippen MR) is 144 cm³/mol. The number of carbonyl (C=O) groups excluding carboxylic acids is 1. The molecule has 7 nitrogen and oxygen atoms in total. The number of aromatic nitrogens is 1. The van der Waals surface area contributed by atoms with E-state index in [0.717, 1.165) is 24.3 Å². The number of carboxylic acids is 1. The molecule has 42 heavy (non-hydrogen) atoms. The fourth-order valence-electron chi connectivity index (χ4n) is 4.87. The van der Waals surface area contributed by atoms with Crippen molar-refractivity contribution in [3.05, 3.63) is 105 Å². The van der Waals surface area contributed by atoms with E-state index < -0.39 is 47.6 Å². The smallest absolute Gasteiger partial charge is 0.416 e. The lowest BCUT2D eigenvalue weighted by Crippen LogP contribution is -2.42. The summed E-state index contributed by atoms with van der Waals surface area (Å²) in [4.78, 5) is 40.3. The Kier molecular flexibility index (Phi) is 7.35. The van der Waals surface area contributed by atoms with Gasteiger partial charge < -0.3 is 10.1 Å². The minimum atomic E-state index is -4.67. The summed E-state index contributed by atoms with van der Waals surface area (Å²) in [7, 11) is 0. The second-order valence-corrected chi connectivity index (χ2v) is 10.0. The van der Waals surface area contributed by atoms with Gasteiger partial charge in [-0.25, -0.2) is 5.01 Å². The number of H-pyrrole nitrogens is 1. The fraction of sp³-hybridized carbons (Fsp3) is 0.172. The summed E-state index contributed by atoms with van der Waals surface area (Å²) in [5.74, 6) is -8.32. The van der Waals surface area contributed by atoms with Gasteiger partial charge in [-0.05, 0) is 41.5 Å². The SMILES string of the molecule is O=C(O)CC(F)(F)C(=O)N1N=C(c2c(-c3ccc(Cl)cc3)c3ccccc3[nH]c2=O)CC1c1ccc(C(F)(F)F)cc1. The number of carbonyl (C=O) groups is 2. The van der Waals surface area contributed by atoms with Gasteiger partial charge >= 0.3 is 24.0 Å². The molecule has 13 heteroatoms. The molecule has 1 aliphatic heterocycles. The number of hydrogen-bond acceptors (Lipinski definition) is 4. The number of alkyl halides is 5. The zero-order chi connectivity index (χ0) is 30.4. The molecule has 216 valence electrons. The van der Waals surface area contributed by atoms with Crippen LogP contribution in [0.4, 0.5) is 22.0 Å². The topological polar surface area (TPSA) is 103 Å². The molecule has 1 aliphatic rings. The Morgan fingerprint density at radius 3 is 2.21 bits per heavy atom. The van der Waals surface area contributed by atoms with Crippen molar-refractivity contribution >= 4 is 40.1 Å². The average Bonchev–Trinajstić information content (AvgIpc) is 3.36. The highest BCUT2D eigenvalue weighted by molar-refractivity contribution is 6.30. The van der Waals surface area contributed by atoms with Crippen LogP contribution < -0.4 is 5.56 Å². The number of nitrogens with one attached hydrogen (secondary N) is 1. The first-order chi connectivity index (χ1) is 19.8. The minimum absolute atomic E-state index is 0.0199. The van der Waals surface area contributed by atoms with E-state index in [0.29, 0.717) is 32.1 Å². The molecule has 1 atom stereocenters. The van der Waals surface area contributed by atoms with Crippen LogP contribution in [0.3, 0.4) is 0 Å². The van der Waals surface area contributed by atoms with Gasteiger partial charge in [0.15, 0.2) is 0 Å². The number of hydrazone groups is 1. The van der Waals surface area contributed by atoms with Crippen molar-refractivity contribution in [1.29, 1.82) is 0 Å². The number of aliphatic carboxylic acids is 1. The molecular formula is C29H19ClF5N3O4. The van der Waals surface area contributed by atoms with Gasteiger partial charge in [-0.1, -0.05) is 54.1 Å². The number of nitrogens with zero attached hydrogens (tertiary/aromatic N) is 2. The number of para-hydroxylation sites is 1. The standard InChI is InChI=1S/C29H19ClF5N3O4/c30-18-11-7-16(8-12-18)24-19-3-1-2-4-20(19)36-26(41)25(24)21-13-22(15-5-9-17(10-6-15)29(33,34)35)38(37-21)27(42)28(31,32)14-23(39)40/h1-12,22H,13-14H2,(H,36,41)(H,39,40). The van der Waals surface area contributed by atoms with Gasteiger partial charge in [0, 0.05) is 27.9 Å². The normalized spacial score (nSPS) is 15.6. The lowest BCUT2D eigenvalue weighted by Gasteiger charge is -2.25. The molecule has 1 aromatic heterocycles. The van der Waals surface area contributed by atoms with Gasteiger partial charge in [0.2, 0.25) is 0 Å². The van der Waals surface area contributed by atoms with Crippen molar-refractivity contribution in [2.45, 2.75) is 31.0 Å². The quantitative estimate of drug-likeness (QED) is 0.241. The maximum Gasteiger partial charge on any atom is 0.416 e. The van der Waals surface area contributed by atoms with Crippen LogP contribution in [0.25, 0.3) is 22.0 Å². The molecule has 0 bridgehead atoms. The molecule has 1 unspecified atom stereocenters. The van der Waals surface area contributed by atoms with Gasteiger partial charge in [0.1, 0.15) is 6.42 Å².